The summed E-state index contributed by atoms with van der Waals surface area (Å²) in [7, 11) is -2.25. The number of alkyl halides is 3. The SMILES string of the molecule is Nc1cnc(C(F)(F)F)c(B(O)O)c1. The van der Waals surface area contributed by atoms with Crippen LogP contribution in [-0.4, -0.2) is 22.2 Å². The van der Waals surface area contributed by atoms with Gasteiger partial charge >= 0.3 is 13.3 Å². The molecule has 0 fully saturated rings. The van der Waals surface area contributed by atoms with Crippen molar-refractivity contribution in [3.05, 3.63) is 18.0 Å². The number of rotatable bonds is 1. The van der Waals surface area contributed by atoms with Gasteiger partial charge in [-0.2, -0.15) is 13.2 Å². The average Bonchev–Trinajstić information content (AvgIpc) is 2.01. The Hall–Kier alpha value is -1.28. The number of aromatic nitrogens is 1. The van der Waals surface area contributed by atoms with Crippen molar-refractivity contribution in [2.45, 2.75) is 6.18 Å². The molecule has 0 unspecified atom stereocenters. The highest BCUT2D eigenvalue weighted by Gasteiger charge is 2.38. The van der Waals surface area contributed by atoms with Crippen molar-refractivity contribution >= 4 is 18.3 Å². The minimum atomic E-state index is -4.73. The van der Waals surface area contributed by atoms with Crippen LogP contribution in [0.25, 0.3) is 0 Å². The van der Waals surface area contributed by atoms with E-state index in [1.165, 1.54) is 0 Å². The molecule has 0 aromatic carbocycles. The van der Waals surface area contributed by atoms with Gasteiger partial charge in [-0.05, 0) is 6.07 Å². The van der Waals surface area contributed by atoms with Gasteiger partial charge in [0.1, 0.15) is 5.69 Å². The van der Waals surface area contributed by atoms with Crippen LogP contribution in [-0.2, 0) is 6.18 Å². The van der Waals surface area contributed by atoms with Gasteiger partial charge < -0.3 is 15.8 Å². The Morgan fingerprint density at radius 3 is 2.36 bits per heavy atom. The number of hydrogen-bond donors (Lipinski definition) is 3. The third-order valence-electron chi connectivity index (χ3n) is 1.49. The van der Waals surface area contributed by atoms with E-state index in [-0.39, 0.29) is 5.69 Å². The average molecular weight is 206 g/mol. The van der Waals surface area contributed by atoms with Crippen molar-refractivity contribution in [3.8, 4) is 0 Å². The van der Waals surface area contributed by atoms with Crippen molar-refractivity contribution in [2.24, 2.45) is 0 Å². The molecule has 0 aliphatic carbocycles. The maximum absolute atomic E-state index is 12.2. The van der Waals surface area contributed by atoms with Crippen LogP contribution >= 0.6 is 0 Å². The van der Waals surface area contributed by atoms with E-state index in [1.54, 1.807) is 0 Å². The summed E-state index contributed by atoms with van der Waals surface area (Å²) in [5, 5.41) is 17.3. The summed E-state index contributed by atoms with van der Waals surface area (Å²) in [5.41, 5.74) is 2.99. The van der Waals surface area contributed by atoms with Crippen molar-refractivity contribution in [3.63, 3.8) is 0 Å². The lowest BCUT2D eigenvalue weighted by Crippen LogP contribution is -2.37. The van der Waals surface area contributed by atoms with Crippen LogP contribution in [0.1, 0.15) is 5.69 Å². The van der Waals surface area contributed by atoms with E-state index in [2.05, 4.69) is 4.98 Å². The van der Waals surface area contributed by atoms with E-state index in [4.69, 9.17) is 15.8 Å². The van der Waals surface area contributed by atoms with Crippen LogP contribution < -0.4 is 11.2 Å². The van der Waals surface area contributed by atoms with E-state index in [1.807, 2.05) is 0 Å². The molecule has 1 heterocycles. The first-order valence-electron chi connectivity index (χ1n) is 3.51. The van der Waals surface area contributed by atoms with Crippen LogP contribution in [0, 0.1) is 0 Å². The van der Waals surface area contributed by atoms with Crippen LogP contribution in [0.2, 0.25) is 0 Å². The van der Waals surface area contributed by atoms with Crippen LogP contribution in [0.15, 0.2) is 12.3 Å². The number of halogens is 3. The molecule has 0 atom stereocenters. The molecule has 0 aliphatic rings. The number of hydrogen-bond acceptors (Lipinski definition) is 4. The Kier molecular flexibility index (Phi) is 2.67. The first-order valence-corrected chi connectivity index (χ1v) is 3.51. The number of nitrogen functional groups attached to an aromatic ring is 1. The standard InChI is InChI=1S/C6H6BF3N2O2/c8-6(9,10)5-4(7(13)14)1-3(11)2-12-5/h1-2,13-14H,11H2. The van der Waals surface area contributed by atoms with Gasteiger partial charge in [-0.1, -0.05) is 0 Å². The summed E-state index contributed by atoms with van der Waals surface area (Å²) in [6.45, 7) is 0. The predicted octanol–water partition coefficient (Wildman–Crippen LogP) is -0.638. The molecule has 0 bridgehead atoms. The van der Waals surface area contributed by atoms with E-state index < -0.39 is 24.5 Å². The third kappa shape index (κ3) is 2.15. The monoisotopic (exact) mass is 206 g/mol. The second-order valence-electron chi connectivity index (χ2n) is 2.58. The zero-order valence-electron chi connectivity index (χ0n) is 6.78. The largest absolute Gasteiger partial charge is 0.490 e. The molecule has 0 saturated carbocycles. The molecule has 4 nitrogen and oxygen atoms in total. The molecule has 0 aliphatic heterocycles. The van der Waals surface area contributed by atoms with Gasteiger partial charge in [0.15, 0.2) is 0 Å². The Morgan fingerprint density at radius 1 is 1.36 bits per heavy atom. The normalized spacial score (nSPS) is 11.5. The quantitative estimate of drug-likeness (QED) is 0.534. The molecule has 0 spiro atoms. The fourth-order valence-corrected chi connectivity index (χ4v) is 0.932. The maximum atomic E-state index is 12.2. The number of anilines is 1. The second-order valence-corrected chi connectivity index (χ2v) is 2.58. The zero-order valence-corrected chi connectivity index (χ0v) is 6.78. The summed E-state index contributed by atoms with van der Waals surface area (Å²) < 4.78 is 36.6. The predicted molar refractivity (Wildman–Crippen MR) is 43.5 cm³/mol. The highest BCUT2D eigenvalue weighted by atomic mass is 19.4. The Bertz CT molecular complexity index is 342. The highest BCUT2D eigenvalue weighted by molar-refractivity contribution is 6.59. The van der Waals surface area contributed by atoms with Crippen molar-refractivity contribution in [1.29, 1.82) is 0 Å². The van der Waals surface area contributed by atoms with Gasteiger partial charge in [-0.3, -0.25) is 0 Å². The fraction of sp³-hybridized carbons (Fsp3) is 0.167. The van der Waals surface area contributed by atoms with Gasteiger partial charge in [-0.15, -0.1) is 0 Å². The van der Waals surface area contributed by atoms with Crippen molar-refractivity contribution < 1.29 is 23.2 Å². The first-order chi connectivity index (χ1) is 6.32. The number of nitrogens with two attached hydrogens (primary N) is 1. The molecule has 14 heavy (non-hydrogen) atoms. The lowest BCUT2D eigenvalue weighted by molar-refractivity contribution is -0.140. The second kappa shape index (κ2) is 3.47. The lowest BCUT2D eigenvalue weighted by atomic mass is 9.78. The molecule has 0 amide bonds. The zero-order chi connectivity index (χ0) is 10.9. The molecule has 1 rings (SSSR count). The smallest absolute Gasteiger partial charge is 0.423 e. The molecule has 0 radical (unpaired) electrons. The summed E-state index contributed by atoms with van der Waals surface area (Å²) in [5.74, 6) is 0. The highest BCUT2D eigenvalue weighted by Crippen LogP contribution is 2.26. The van der Waals surface area contributed by atoms with Crippen molar-refractivity contribution in [2.75, 3.05) is 5.73 Å². The minimum absolute atomic E-state index is 0.0684. The molecule has 76 valence electrons. The van der Waals surface area contributed by atoms with Crippen LogP contribution in [0.5, 0.6) is 0 Å². The Labute approximate surface area is 77.3 Å². The van der Waals surface area contributed by atoms with Gasteiger partial charge in [0, 0.05) is 11.2 Å². The van der Waals surface area contributed by atoms with E-state index in [9.17, 15) is 13.2 Å². The van der Waals surface area contributed by atoms with E-state index in [0.717, 1.165) is 12.3 Å². The van der Waals surface area contributed by atoms with Gasteiger partial charge in [0.05, 0.1) is 6.20 Å². The maximum Gasteiger partial charge on any atom is 0.490 e. The number of nitrogens with zero attached hydrogens (tertiary/aromatic N) is 1. The summed E-state index contributed by atoms with van der Waals surface area (Å²) >= 11 is 0. The minimum Gasteiger partial charge on any atom is -0.423 e. The summed E-state index contributed by atoms with van der Waals surface area (Å²) in [6, 6.07) is 0.820. The molecule has 1 aromatic rings. The molecule has 0 saturated heterocycles. The molecular formula is C6H6BF3N2O2. The van der Waals surface area contributed by atoms with Gasteiger partial charge in [0.25, 0.3) is 0 Å². The van der Waals surface area contributed by atoms with Crippen molar-refractivity contribution in [1.82, 2.24) is 4.98 Å². The lowest BCUT2D eigenvalue weighted by Gasteiger charge is -2.11. The van der Waals surface area contributed by atoms with Crippen LogP contribution in [0.3, 0.4) is 0 Å². The Morgan fingerprint density at radius 2 is 1.93 bits per heavy atom. The summed E-state index contributed by atoms with van der Waals surface area (Å²) in [6.07, 6.45) is -3.93. The topological polar surface area (TPSA) is 79.4 Å². The molecule has 8 heteroatoms. The molecule has 4 N–H and O–H groups in total. The fourth-order valence-electron chi connectivity index (χ4n) is 0.932. The van der Waals surface area contributed by atoms with E-state index >= 15 is 0 Å². The van der Waals surface area contributed by atoms with Gasteiger partial charge in [0.2, 0.25) is 0 Å². The Balaban J connectivity index is 3.29. The first kappa shape index (κ1) is 10.8. The third-order valence-corrected chi connectivity index (χ3v) is 1.49. The van der Waals surface area contributed by atoms with E-state index in [0.29, 0.717) is 0 Å². The summed E-state index contributed by atoms with van der Waals surface area (Å²) in [4.78, 5) is 3.00. The molecule has 1 aromatic heterocycles. The molecular weight excluding hydrogens is 200 g/mol. The number of pyridine rings is 1. The van der Waals surface area contributed by atoms with Crippen LogP contribution in [0.4, 0.5) is 18.9 Å². The van der Waals surface area contributed by atoms with Gasteiger partial charge in [-0.25, -0.2) is 4.98 Å².